The molecule has 9 heteroatoms. The molecule has 2 aromatic rings. The lowest BCUT2D eigenvalue weighted by atomic mass is 9.85. The van der Waals surface area contributed by atoms with Gasteiger partial charge in [0.2, 0.25) is 0 Å². The van der Waals surface area contributed by atoms with Crippen molar-refractivity contribution < 1.29 is 26.4 Å². The minimum absolute atomic E-state index is 0.0845. The van der Waals surface area contributed by atoms with Crippen LogP contribution in [0.2, 0.25) is 0 Å². The molecule has 0 spiro atoms. The maximum absolute atomic E-state index is 13.3. The molecule has 0 atom stereocenters. The number of benzene rings is 2. The zero-order chi connectivity index (χ0) is 21.8. The average molecular weight is 438 g/mol. The van der Waals surface area contributed by atoms with Gasteiger partial charge in [0, 0.05) is 17.4 Å². The molecule has 7 nitrogen and oxygen atoms in total. The van der Waals surface area contributed by atoms with Gasteiger partial charge in [-0.05, 0) is 29.7 Å². The molecule has 0 aliphatic carbocycles. The largest absolute Gasteiger partial charge is 0.495 e. The van der Waals surface area contributed by atoms with E-state index in [0.29, 0.717) is 5.56 Å². The monoisotopic (exact) mass is 437 g/mol. The van der Waals surface area contributed by atoms with E-state index in [2.05, 4.69) is 0 Å². The summed E-state index contributed by atoms with van der Waals surface area (Å²) >= 11 is 0. The maximum atomic E-state index is 13.3. The van der Waals surface area contributed by atoms with Crippen LogP contribution in [0.5, 0.6) is 5.75 Å². The van der Waals surface area contributed by atoms with Crippen molar-refractivity contribution in [3.8, 4) is 5.75 Å². The number of ether oxygens (including phenoxy) is 1. The van der Waals surface area contributed by atoms with Crippen molar-refractivity contribution in [2.24, 2.45) is 0 Å². The normalized spacial score (nSPS) is 15.8. The fraction of sp³-hybridized carbons (Fsp3) is 0.350. The second-order valence-corrected chi connectivity index (χ2v) is 11.9. The van der Waals surface area contributed by atoms with Crippen LogP contribution in [0, 0.1) is 0 Å². The Bertz CT molecular complexity index is 1210. The number of carbonyl (C=O) groups excluding carboxylic acids is 1. The highest BCUT2D eigenvalue weighted by Gasteiger charge is 2.37. The highest BCUT2D eigenvalue weighted by molar-refractivity contribution is 7.92. The second-order valence-electron chi connectivity index (χ2n) is 8.02. The molecule has 0 aromatic heterocycles. The van der Waals surface area contributed by atoms with Gasteiger partial charge in [0.1, 0.15) is 16.5 Å². The maximum Gasteiger partial charge on any atom is 0.259 e. The van der Waals surface area contributed by atoms with Gasteiger partial charge < -0.3 is 4.74 Å². The van der Waals surface area contributed by atoms with Gasteiger partial charge >= 0.3 is 0 Å². The van der Waals surface area contributed by atoms with Crippen molar-refractivity contribution in [1.29, 1.82) is 0 Å². The molecule has 0 bridgehead atoms. The van der Waals surface area contributed by atoms with E-state index in [1.165, 1.54) is 19.2 Å². The Morgan fingerprint density at radius 1 is 1.14 bits per heavy atom. The fourth-order valence-corrected chi connectivity index (χ4v) is 5.73. The number of carbonyl (C=O) groups is 1. The van der Waals surface area contributed by atoms with Crippen molar-refractivity contribution in [1.82, 2.24) is 0 Å². The average Bonchev–Trinajstić information content (AvgIpc) is 2.90. The van der Waals surface area contributed by atoms with Crippen molar-refractivity contribution in [2.45, 2.75) is 36.0 Å². The van der Waals surface area contributed by atoms with E-state index in [-0.39, 0.29) is 26.8 Å². The molecule has 1 aliphatic rings. The predicted octanol–water partition coefficient (Wildman–Crippen LogP) is 2.79. The third-order valence-corrected chi connectivity index (χ3v) is 7.46. The molecule has 0 unspecified atom stereocenters. The van der Waals surface area contributed by atoms with E-state index in [1.807, 2.05) is 20.8 Å². The topological polar surface area (TPSA) is 97.8 Å². The van der Waals surface area contributed by atoms with Crippen molar-refractivity contribution in [3.05, 3.63) is 47.5 Å². The van der Waals surface area contributed by atoms with Crippen LogP contribution in [-0.2, 0) is 25.1 Å². The number of fused-ring (bicyclic) bond motifs is 1. The van der Waals surface area contributed by atoms with Crippen LogP contribution in [0.1, 0.15) is 36.7 Å². The first-order valence-corrected chi connectivity index (χ1v) is 12.4. The van der Waals surface area contributed by atoms with E-state index in [1.54, 1.807) is 24.3 Å². The van der Waals surface area contributed by atoms with Gasteiger partial charge in [-0.15, -0.1) is 0 Å². The summed E-state index contributed by atoms with van der Waals surface area (Å²) < 4.78 is 55.0. The fourth-order valence-electron chi connectivity index (χ4n) is 3.34. The Labute approximate surface area is 171 Å². The van der Waals surface area contributed by atoms with E-state index in [4.69, 9.17) is 4.74 Å². The molecule has 2 aromatic carbocycles. The number of hydrogen-bond donors (Lipinski definition) is 0. The highest BCUT2D eigenvalue weighted by atomic mass is 32.2. The Balaban J connectivity index is 2.24. The van der Waals surface area contributed by atoms with Gasteiger partial charge in [-0.25, -0.2) is 16.8 Å². The van der Waals surface area contributed by atoms with Gasteiger partial charge in [0.25, 0.3) is 5.91 Å². The summed E-state index contributed by atoms with van der Waals surface area (Å²) in [7, 11) is -5.96. The van der Waals surface area contributed by atoms with Crippen LogP contribution in [-0.4, -0.2) is 42.0 Å². The van der Waals surface area contributed by atoms with Crippen LogP contribution in [0.25, 0.3) is 0 Å². The number of methoxy groups -OCH3 is 1. The quantitative estimate of drug-likeness (QED) is 0.732. The van der Waals surface area contributed by atoms with Gasteiger partial charge in [-0.2, -0.15) is 0 Å². The Morgan fingerprint density at radius 2 is 1.76 bits per heavy atom. The zero-order valence-corrected chi connectivity index (χ0v) is 18.5. The molecule has 0 fully saturated rings. The summed E-state index contributed by atoms with van der Waals surface area (Å²) in [5.74, 6) is -0.890. The van der Waals surface area contributed by atoms with Crippen molar-refractivity contribution in [3.63, 3.8) is 0 Å². The summed E-state index contributed by atoms with van der Waals surface area (Å²) in [5, 5.41) is 0. The molecule has 0 radical (unpaired) electrons. The van der Waals surface area contributed by atoms with Gasteiger partial charge in [0.15, 0.2) is 19.7 Å². The van der Waals surface area contributed by atoms with E-state index in [0.717, 1.165) is 11.2 Å². The minimum Gasteiger partial charge on any atom is -0.495 e. The molecule has 29 heavy (non-hydrogen) atoms. The lowest BCUT2D eigenvalue weighted by Gasteiger charge is -2.25. The van der Waals surface area contributed by atoms with Crippen LogP contribution >= 0.6 is 0 Å². The lowest BCUT2D eigenvalue weighted by molar-refractivity contribution is 0.0991. The van der Waals surface area contributed by atoms with Gasteiger partial charge in [0.05, 0.1) is 17.7 Å². The SMILES string of the molecule is COc1c(C(C)(C)C)cc(C(=O)N2CS(=O)(=O)c3ccccc32)cc1S(C)(=O)=O. The summed E-state index contributed by atoms with van der Waals surface area (Å²) in [6.07, 6.45) is 1.04. The van der Waals surface area contributed by atoms with Crippen molar-refractivity contribution >= 4 is 31.3 Å². The Hall–Kier alpha value is -2.39. The molecule has 1 heterocycles. The Morgan fingerprint density at radius 3 is 2.31 bits per heavy atom. The third kappa shape index (κ3) is 3.76. The molecular weight excluding hydrogens is 414 g/mol. The molecule has 0 N–H and O–H groups in total. The van der Waals surface area contributed by atoms with Crippen molar-refractivity contribution in [2.75, 3.05) is 24.1 Å². The molecule has 3 rings (SSSR count). The highest BCUT2D eigenvalue weighted by Crippen LogP contribution is 2.39. The number of para-hydroxylation sites is 1. The number of nitrogens with zero attached hydrogens (tertiary/aromatic N) is 1. The van der Waals surface area contributed by atoms with Crippen LogP contribution in [0.4, 0.5) is 5.69 Å². The van der Waals surface area contributed by atoms with Crippen LogP contribution in [0.15, 0.2) is 46.2 Å². The first-order chi connectivity index (χ1) is 13.3. The summed E-state index contributed by atoms with van der Waals surface area (Å²) in [4.78, 5) is 14.4. The lowest BCUT2D eigenvalue weighted by Crippen LogP contribution is -2.31. The number of rotatable bonds is 3. The van der Waals surface area contributed by atoms with Crippen LogP contribution in [0.3, 0.4) is 0 Å². The third-order valence-electron chi connectivity index (χ3n) is 4.75. The second kappa shape index (κ2) is 6.84. The summed E-state index contributed by atoms with van der Waals surface area (Å²) in [6.45, 7) is 5.63. The molecule has 1 amide bonds. The zero-order valence-electron chi connectivity index (χ0n) is 16.9. The molecular formula is C20H23NO6S2. The first-order valence-electron chi connectivity index (χ1n) is 8.83. The van der Waals surface area contributed by atoms with Gasteiger partial charge in [-0.3, -0.25) is 9.69 Å². The number of sulfone groups is 2. The number of amides is 1. The smallest absolute Gasteiger partial charge is 0.259 e. The molecule has 1 aliphatic heterocycles. The minimum atomic E-state index is -3.71. The first kappa shape index (κ1) is 21.3. The van der Waals surface area contributed by atoms with E-state index < -0.39 is 36.9 Å². The molecule has 0 saturated carbocycles. The van der Waals surface area contributed by atoms with Crippen LogP contribution < -0.4 is 9.64 Å². The number of hydrogen-bond acceptors (Lipinski definition) is 6. The van der Waals surface area contributed by atoms with E-state index in [9.17, 15) is 21.6 Å². The Kier molecular flexibility index (Phi) is 5.03. The molecule has 156 valence electrons. The van der Waals surface area contributed by atoms with E-state index >= 15 is 0 Å². The van der Waals surface area contributed by atoms with Gasteiger partial charge in [-0.1, -0.05) is 32.9 Å². The predicted molar refractivity (Wildman–Crippen MR) is 110 cm³/mol. The number of anilines is 1. The molecule has 0 saturated heterocycles. The summed E-state index contributed by atoms with van der Waals surface area (Å²) in [6, 6.07) is 9.08. The standard InChI is InChI=1S/C20H23NO6S2/c1-20(2,3)14-10-13(11-17(18(14)27-4)28(5,23)24)19(22)21-12-29(25,26)16-9-7-6-8-15(16)21/h6-11H,12H2,1-5H3. The summed E-state index contributed by atoms with van der Waals surface area (Å²) in [5.41, 5.74) is 0.395.